The van der Waals surface area contributed by atoms with Gasteiger partial charge in [0.15, 0.2) is 5.82 Å². The lowest BCUT2D eigenvalue weighted by atomic mass is 10.2. The van der Waals surface area contributed by atoms with E-state index in [9.17, 15) is 9.90 Å². The zero-order valence-corrected chi connectivity index (χ0v) is 10.6. The van der Waals surface area contributed by atoms with E-state index in [2.05, 4.69) is 9.97 Å². The monoisotopic (exact) mass is 264 g/mol. The van der Waals surface area contributed by atoms with Crippen LogP contribution in [-0.4, -0.2) is 20.9 Å². The average Bonchev–Trinajstić information content (AvgIpc) is 2.90. The molecular formula is C16H12N2O2. The standard InChI is InChI=1S/C16H12N2O2/c19-12-8-5-11(6-9-12)7-10-15(20)16-17-13-3-1-2-4-14(13)18-16/h1-10,19H,(H,17,18)/b10-7+. The molecule has 0 bridgehead atoms. The van der Waals surface area contributed by atoms with Crippen LogP contribution in [0.15, 0.2) is 54.6 Å². The number of allylic oxidation sites excluding steroid dienone is 1. The number of carbonyl (C=O) groups excluding carboxylic acids is 1. The smallest absolute Gasteiger partial charge is 0.221 e. The van der Waals surface area contributed by atoms with Crippen molar-refractivity contribution in [3.8, 4) is 5.75 Å². The number of rotatable bonds is 3. The molecule has 0 aliphatic carbocycles. The van der Waals surface area contributed by atoms with E-state index in [0.717, 1.165) is 16.6 Å². The van der Waals surface area contributed by atoms with E-state index >= 15 is 0 Å². The highest BCUT2D eigenvalue weighted by Gasteiger charge is 2.07. The number of ketones is 1. The Balaban J connectivity index is 1.83. The van der Waals surface area contributed by atoms with Crippen molar-refractivity contribution in [2.24, 2.45) is 0 Å². The lowest BCUT2D eigenvalue weighted by Crippen LogP contribution is -1.96. The molecule has 0 amide bonds. The van der Waals surface area contributed by atoms with E-state index in [-0.39, 0.29) is 11.5 Å². The molecule has 3 aromatic rings. The maximum Gasteiger partial charge on any atom is 0.221 e. The van der Waals surface area contributed by atoms with Crippen molar-refractivity contribution in [3.63, 3.8) is 0 Å². The number of carbonyl (C=O) groups is 1. The predicted molar refractivity (Wildman–Crippen MR) is 77.6 cm³/mol. The first-order valence-corrected chi connectivity index (χ1v) is 6.18. The Morgan fingerprint density at radius 1 is 1.10 bits per heavy atom. The van der Waals surface area contributed by atoms with Crippen LogP contribution in [0.25, 0.3) is 17.1 Å². The molecule has 1 aromatic heterocycles. The number of hydrogen-bond donors (Lipinski definition) is 2. The second kappa shape index (κ2) is 5.01. The van der Waals surface area contributed by atoms with Crippen molar-refractivity contribution in [3.05, 3.63) is 66.0 Å². The van der Waals surface area contributed by atoms with E-state index in [0.29, 0.717) is 5.82 Å². The van der Waals surface area contributed by atoms with Crippen molar-refractivity contribution in [1.82, 2.24) is 9.97 Å². The number of benzene rings is 2. The Labute approximate surface area is 115 Å². The van der Waals surface area contributed by atoms with E-state index < -0.39 is 0 Å². The fourth-order valence-corrected chi connectivity index (χ4v) is 1.91. The number of phenolic OH excluding ortho intramolecular Hbond substituents is 1. The minimum atomic E-state index is -0.186. The molecule has 0 spiro atoms. The lowest BCUT2D eigenvalue weighted by molar-refractivity contribution is 0.103. The molecule has 0 saturated heterocycles. The summed E-state index contributed by atoms with van der Waals surface area (Å²) in [6.45, 7) is 0. The van der Waals surface area contributed by atoms with Gasteiger partial charge in [0.1, 0.15) is 5.75 Å². The first kappa shape index (κ1) is 12.2. The molecule has 0 atom stereocenters. The quantitative estimate of drug-likeness (QED) is 0.564. The number of H-pyrrole nitrogens is 1. The summed E-state index contributed by atoms with van der Waals surface area (Å²) in [6, 6.07) is 14.1. The van der Waals surface area contributed by atoms with Crippen molar-refractivity contribution in [1.29, 1.82) is 0 Å². The van der Waals surface area contributed by atoms with Crippen molar-refractivity contribution >= 4 is 22.9 Å². The summed E-state index contributed by atoms with van der Waals surface area (Å²) >= 11 is 0. The molecule has 20 heavy (non-hydrogen) atoms. The van der Waals surface area contributed by atoms with Gasteiger partial charge in [-0.3, -0.25) is 4.79 Å². The van der Waals surface area contributed by atoms with E-state index in [1.165, 1.54) is 6.08 Å². The predicted octanol–water partition coefficient (Wildman–Crippen LogP) is 3.16. The molecule has 4 heteroatoms. The number of imidazole rings is 1. The molecule has 1 heterocycles. The number of nitrogens with zero attached hydrogens (tertiary/aromatic N) is 1. The molecule has 2 N–H and O–H groups in total. The van der Waals surface area contributed by atoms with Gasteiger partial charge in [-0.05, 0) is 35.9 Å². The van der Waals surface area contributed by atoms with Gasteiger partial charge in [0.05, 0.1) is 11.0 Å². The third kappa shape index (κ3) is 2.44. The second-order valence-electron chi connectivity index (χ2n) is 4.39. The maximum absolute atomic E-state index is 12.0. The number of fused-ring (bicyclic) bond motifs is 1. The zero-order valence-electron chi connectivity index (χ0n) is 10.6. The van der Waals surface area contributed by atoms with E-state index in [1.807, 2.05) is 24.3 Å². The Morgan fingerprint density at radius 3 is 2.60 bits per heavy atom. The number of aromatic nitrogens is 2. The van der Waals surface area contributed by atoms with Crippen molar-refractivity contribution < 1.29 is 9.90 Å². The summed E-state index contributed by atoms with van der Waals surface area (Å²) < 4.78 is 0. The van der Waals surface area contributed by atoms with Gasteiger partial charge in [0.2, 0.25) is 5.78 Å². The Hall–Kier alpha value is -2.88. The third-order valence-corrected chi connectivity index (χ3v) is 2.94. The number of aromatic hydroxyl groups is 1. The topological polar surface area (TPSA) is 66.0 Å². The number of aromatic amines is 1. The SMILES string of the molecule is O=C(/C=C/c1ccc(O)cc1)c1nc2ccccc2[nH]1. The molecule has 3 rings (SSSR count). The highest BCUT2D eigenvalue weighted by molar-refractivity contribution is 6.05. The van der Waals surface area contributed by atoms with Gasteiger partial charge >= 0.3 is 0 Å². The van der Waals surface area contributed by atoms with Gasteiger partial charge in [-0.1, -0.05) is 30.3 Å². The molecule has 0 radical (unpaired) electrons. The van der Waals surface area contributed by atoms with Crippen LogP contribution in [0.4, 0.5) is 0 Å². The summed E-state index contributed by atoms with van der Waals surface area (Å²) in [5.41, 5.74) is 2.45. The highest BCUT2D eigenvalue weighted by Crippen LogP contribution is 2.13. The third-order valence-electron chi connectivity index (χ3n) is 2.94. The second-order valence-corrected chi connectivity index (χ2v) is 4.39. The van der Waals surface area contributed by atoms with Crippen molar-refractivity contribution in [2.45, 2.75) is 0 Å². The summed E-state index contributed by atoms with van der Waals surface area (Å²) in [4.78, 5) is 19.3. The van der Waals surface area contributed by atoms with Crippen LogP contribution in [0.3, 0.4) is 0 Å². The van der Waals surface area contributed by atoms with Gasteiger partial charge in [0.25, 0.3) is 0 Å². The Morgan fingerprint density at radius 2 is 1.85 bits per heavy atom. The molecule has 0 saturated carbocycles. The summed E-state index contributed by atoms with van der Waals surface area (Å²) in [6.07, 6.45) is 3.15. The molecule has 0 aliphatic heterocycles. The zero-order chi connectivity index (χ0) is 13.9. The van der Waals surface area contributed by atoms with Gasteiger partial charge in [-0.25, -0.2) is 4.98 Å². The maximum atomic E-state index is 12.0. The number of para-hydroxylation sites is 2. The average molecular weight is 264 g/mol. The van der Waals surface area contributed by atoms with Gasteiger partial charge in [-0.2, -0.15) is 0 Å². The first-order chi connectivity index (χ1) is 9.72. The molecule has 0 fully saturated rings. The molecule has 98 valence electrons. The fraction of sp³-hybridized carbons (Fsp3) is 0. The minimum absolute atomic E-state index is 0.186. The van der Waals surface area contributed by atoms with Crippen LogP contribution < -0.4 is 0 Å². The Kier molecular flexibility index (Phi) is 3.05. The molecule has 0 aliphatic rings. The fourth-order valence-electron chi connectivity index (χ4n) is 1.91. The largest absolute Gasteiger partial charge is 0.508 e. The highest BCUT2D eigenvalue weighted by atomic mass is 16.3. The van der Waals surface area contributed by atoms with Crippen LogP contribution in [0.2, 0.25) is 0 Å². The van der Waals surface area contributed by atoms with Gasteiger partial charge < -0.3 is 10.1 Å². The van der Waals surface area contributed by atoms with E-state index in [4.69, 9.17) is 0 Å². The van der Waals surface area contributed by atoms with Gasteiger partial charge in [-0.15, -0.1) is 0 Å². The summed E-state index contributed by atoms with van der Waals surface area (Å²) in [7, 11) is 0. The summed E-state index contributed by atoms with van der Waals surface area (Å²) in [5.74, 6) is 0.335. The van der Waals surface area contributed by atoms with E-state index in [1.54, 1.807) is 30.3 Å². The molecule has 4 nitrogen and oxygen atoms in total. The Bertz CT molecular complexity index is 753. The van der Waals surface area contributed by atoms with Crippen molar-refractivity contribution in [2.75, 3.05) is 0 Å². The summed E-state index contributed by atoms with van der Waals surface area (Å²) in [5, 5.41) is 9.19. The lowest BCUT2D eigenvalue weighted by Gasteiger charge is -1.93. The van der Waals surface area contributed by atoms with Crippen LogP contribution in [0, 0.1) is 0 Å². The number of hydrogen-bond acceptors (Lipinski definition) is 3. The van der Waals surface area contributed by atoms with Crippen LogP contribution >= 0.6 is 0 Å². The number of phenols is 1. The molecule has 2 aromatic carbocycles. The normalized spacial score (nSPS) is 11.2. The van der Waals surface area contributed by atoms with Gasteiger partial charge in [0, 0.05) is 0 Å². The van der Waals surface area contributed by atoms with Crippen LogP contribution in [0.5, 0.6) is 5.75 Å². The minimum Gasteiger partial charge on any atom is -0.508 e. The first-order valence-electron chi connectivity index (χ1n) is 6.18. The molecular weight excluding hydrogens is 252 g/mol. The molecule has 0 unspecified atom stereocenters. The number of nitrogens with one attached hydrogen (secondary N) is 1. The van der Waals surface area contributed by atoms with Crippen LogP contribution in [0.1, 0.15) is 16.2 Å². The van der Waals surface area contributed by atoms with Crippen LogP contribution in [-0.2, 0) is 0 Å².